The molecule has 0 aliphatic heterocycles. The number of anilines is 1. The van der Waals surface area contributed by atoms with Gasteiger partial charge in [-0.2, -0.15) is 0 Å². The second-order valence-corrected chi connectivity index (χ2v) is 5.37. The summed E-state index contributed by atoms with van der Waals surface area (Å²) in [6.07, 6.45) is 2.17. The van der Waals surface area contributed by atoms with E-state index in [1.54, 1.807) is 0 Å². The Labute approximate surface area is 128 Å². The van der Waals surface area contributed by atoms with E-state index in [0.29, 0.717) is 5.13 Å². The van der Waals surface area contributed by atoms with Crippen LogP contribution < -0.4 is 15.8 Å². The molecule has 112 valence electrons. The van der Waals surface area contributed by atoms with Gasteiger partial charge in [-0.15, -0.1) is 11.3 Å². The Morgan fingerprint density at radius 2 is 2.14 bits per heavy atom. The van der Waals surface area contributed by atoms with Crippen LogP contribution >= 0.6 is 11.3 Å². The van der Waals surface area contributed by atoms with E-state index in [0.717, 1.165) is 36.5 Å². The molecule has 21 heavy (non-hydrogen) atoms. The van der Waals surface area contributed by atoms with Crippen molar-refractivity contribution in [3.8, 4) is 17.0 Å². The molecule has 0 bridgehead atoms. The van der Waals surface area contributed by atoms with Crippen LogP contribution in [0.5, 0.6) is 5.75 Å². The van der Waals surface area contributed by atoms with Gasteiger partial charge in [-0.25, -0.2) is 4.98 Å². The summed E-state index contributed by atoms with van der Waals surface area (Å²) in [6, 6.07) is 7.79. The first-order valence-electron chi connectivity index (χ1n) is 6.91. The minimum Gasteiger partial charge on any atom is -0.494 e. The zero-order chi connectivity index (χ0) is 15.1. The minimum atomic E-state index is -0.240. The Balaban J connectivity index is 2.00. The van der Waals surface area contributed by atoms with Gasteiger partial charge >= 0.3 is 0 Å². The summed E-state index contributed by atoms with van der Waals surface area (Å²) in [6.45, 7) is 2.83. The van der Waals surface area contributed by atoms with Crippen molar-refractivity contribution in [3.05, 3.63) is 29.6 Å². The van der Waals surface area contributed by atoms with Crippen LogP contribution in [0.3, 0.4) is 0 Å². The Hall–Kier alpha value is -1.92. The highest BCUT2D eigenvalue weighted by atomic mass is 32.1. The molecule has 1 aromatic heterocycles. The van der Waals surface area contributed by atoms with Crippen LogP contribution in [0.25, 0.3) is 11.3 Å². The first-order valence-corrected chi connectivity index (χ1v) is 7.79. The summed E-state index contributed by atoms with van der Waals surface area (Å²) < 4.78 is 5.62. The number of benzene rings is 1. The Morgan fingerprint density at radius 1 is 1.38 bits per heavy atom. The number of ether oxygens (including phenoxy) is 1. The van der Waals surface area contributed by atoms with Crippen LogP contribution in [-0.2, 0) is 4.79 Å². The van der Waals surface area contributed by atoms with Crippen molar-refractivity contribution >= 4 is 22.4 Å². The third-order valence-corrected chi connectivity index (χ3v) is 3.61. The molecule has 0 saturated carbocycles. The maximum atomic E-state index is 11.2. The Morgan fingerprint density at radius 3 is 2.81 bits per heavy atom. The van der Waals surface area contributed by atoms with E-state index < -0.39 is 0 Å². The number of hydrogen-bond acceptors (Lipinski definition) is 5. The molecule has 0 spiro atoms. The molecule has 6 heteroatoms. The van der Waals surface area contributed by atoms with Crippen LogP contribution in [0.1, 0.15) is 19.8 Å². The molecule has 2 rings (SSSR count). The van der Waals surface area contributed by atoms with Crippen LogP contribution in [0.2, 0.25) is 0 Å². The molecule has 0 fully saturated rings. The lowest BCUT2D eigenvalue weighted by atomic mass is 10.2. The number of nitrogens with zero attached hydrogens (tertiary/aromatic N) is 1. The van der Waals surface area contributed by atoms with E-state index >= 15 is 0 Å². The fourth-order valence-electron chi connectivity index (χ4n) is 1.69. The molecular formula is C15H19N3O2S. The van der Waals surface area contributed by atoms with E-state index in [4.69, 9.17) is 10.5 Å². The standard InChI is InChI=1S/C15H19N3O2S/c1-2-3-8-20-12-6-4-11(5-7-12)13-10-21-15(17-13)18-14(19)9-16/h4-7,10H,2-3,8-9,16H2,1H3,(H,17,18,19). The number of hydrogen-bond donors (Lipinski definition) is 2. The van der Waals surface area contributed by atoms with Gasteiger partial charge in [-0.05, 0) is 30.7 Å². The Bertz CT molecular complexity index is 581. The number of unbranched alkanes of at least 4 members (excludes halogenated alkanes) is 1. The SMILES string of the molecule is CCCCOc1ccc(-c2csc(NC(=O)CN)n2)cc1. The first kappa shape index (κ1) is 15.5. The van der Waals surface area contributed by atoms with Crippen molar-refractivity contribution in [1.29, 1.82) is 0 Å². The fraction of sp³-hybridized carbons (Fsp3) is 0.333. The highest BCUT2D eigenvalue weighted by Crippen LogP contribution is 2.26. The lowest BCUT2D eigenvalue weighted by Gasteiger charge is -2.05. The molecule has 5 nitrogen and oxygen atoms in total. The van der Waals surface area contributed by atoms with Crippen LogP contribution in [-0.4, -0.2) is 24.0 Å². The van der Waals surface area contributed by atoms with E-state index in [9.17, 15) is 4.79 Å². The molecule has 2 aromatic rings. The third kappa shape index (κ3) is 4.54. The molecule has 1 aromatic carbocycles. The van der Waals surface area contributed by atoms with Crippen LogP contribution in [0.4, 0.5) is 5.13 Å². The van der Waals surface area contributed by atoms with Crippen LogP contribution in [0, 0.1) is 0 Å². The summed E-state index contributed by atoms with van der Waals surface area (Å²) in [7, 11) is 0. The molecule has 1 amide bonds. The quantitative estimate of drug-likeness (QED) is 0.771. The normalized spacial score (nSPS) is 10.4. The average molecular weight is 305 g/mol. The Kier molecular flexibility index (Phi) is 5.71. The molecule has 0 atom stereocenters. The average Bonchev–Trinajstić information content (AvgIpc) is 2.96. The lowest BCUT2D eigenvalue weighted by molar-refractivity contribution is -0.114. The number of rotatable bonds is 7. The summed E-state index contributed by atoms with van der Waals surface area (Å²) in [5, 5.41) is 5.11. The minimum absolute atomic E-state index is 0.0429. The van der Waals surface area contributed by atoms with Crippen molar-refractivity contribution < 1.29 is 9.53 Å². The number of aromatic nitrogens is 1. The fourth-order valence-corrected chi connectivity index (χ4v) is 2.43. The summed E-state index contributed by atoms with van der Waals surface area (Å²) >= 11 is 1.38. The molecular weight excluding hydrogens is 286 g/mol. The van der Waals surface area contributed by atoms with Gasteiger partial charge < -0.3 is 15.8 Å². The zero-order valence-corrected chi connectivity index (χ0v) is 12.8. The van der Waals surface area contributed by atoms with Crippen LogP contribution in [0.15, 0.2) is 29.6 Å². The summed E-state index contributed by atoms with van der Waals surface area (Å²) in [5.74, 6) is 0.620. The van der Waals surface area contributed by atoms with Gasteiger partial charge in [0, 0.05) is 10.9 Å². The van der Waals surface area contributed by atoms with Gasteiger partial charge in [0.15, 0.2) is 5.13 Å². The maximum absolute atomic E-state index is 11.2. The smallest absolute Gasteiger partial charge is 0.239 e. The molecule has 0 aliphatic carbocycles. The number of nitrogens with two attached hydrogens (primary N) is 1. The number of nitrogens with one attached hydrogen (secondary N) is 1. The van der Waals surface area contributed by atoms with Crippen molar-refractivity contribution in [2.45, 2.75) is 19.8 Å². The highest BCUT2D eigenvalue weighted by Gasteiger charge is 2.07. The van der Waals surface area contributed by atoms with E-state index in [1.807, 2.05) is 29.6 Å². The number of carbonyl (C=O) groups is 1. The van der Waals surface area contributed by atoms with Crippen molar-refractivity contribution in [1.82, 2.24) is 4.98 Å². The van der Waals surface area contributed by atoms with Crippen molar-refractivity contribution in [2.75, 3.05) is 18.5 Å². The monoisotopic (exact) mass is 305 g/mol. The first-order chi connectivity index (χ1) is 10.2. The van der Waals surface area contributed by atoms with E-state index in [-0.39, 0.29) is 12.5 Å². The van der Waals surface area contributed by atoms with Gasteiger partial charge in [0.2, 0.25) is 5.91 Å². The summed E-state index contributed by atoms with van der Waals surface area (Å²) in [4.78, 5) is 15.6. The summed E-state index contributed by atoms with van der Waals surface area (Å²) in [5.41, 5.74) is 7.07. The maximum Gasteiger partial charge on any atom is 0.239 e. The van der Waals surface area contributed by atoms with Gasteiger partial charge in [-0.1, -0.05) is 13.3 Å². The second kappa shape index (κ2) is 7.75. The van der Waals surface area contributed by atoms with E-state index in [1.165, 1.54) is 11.3 Å². The van der Waals surface area contributed by atoms with Gasteiger partial charge in [-0.3, -0.25) is 4.79 Å². The highest BCUT2D eigenvalue weighted by molar-refractivity contribution is 7.14. The second-order valence-electron chi connectivity index (χ2n) is 4.52. The molecule has 0 radical (unpaired) electrons. The zero-order valence-electron chi connectivity index (χ0n) is 12.0. The molecule has 0 unspecified atom stereocenters. The number of amides is 1. The largest absolute Gasteiger partial charge is 0.494 e. The predicted octanol–water partition coefficient (Wildman–Crippen LogP) is 2.89. The topological polar surface area (TPSA) is 77.2 Å². The molecule has 0 aliphatic rings. The van der Waals surface area contributed by atoms with Crippen molar-refractivity contribution in [2.24, 2.45) is 5.73 Å². The third-order valence-electron chi connectivity index (χ3n) is 2.85. The number of thiazole rings is 1. The van der Waals surface area contributed by atoms with Crippen molar-refractivity contribution in [3.63, 3.8) is 0 Å². The number of carbonyl (C=O) groups excluding carboxylic acids is 1. The molecule has 0 saturated heterocycles. The van der Waals surface area contributed by atoms with Gasteiger partial charge in [0.1, 0.15) is 5.75 Å². The predicted molar refractivity (Wildman–Crippen MR) is 85.6 cm³/mol. The van der Waals surface area contributed by atoms with Gasteiger partial charge in [0.05, 0.1) is 18.8 Å². The van der Waals surface area contributed by atoms with Gasteiger partial charge in [0.25, 0.3) is 0 Å². The lowest BCUT2D eigenvalue weighted by Crippen LogP contribution is -2.21. The molecule has 3 N–H and O–H groups in total. The molecule has 1 heterocycles. The van der Waals surface area contributed by atoms with E-state index in [2.05, 4.69) is 17.2 Å².